The quantitative estimate of drug-likeness (QED) is 0.641. The van der Waals surface area contributed by atoms with Crippen molar-refractivity contribution in [2.75, 3.05) is 11.5 Å². The Morgan fingerprint density at radius 3 is 2.83 bits per heavy atom. The molecule has 118 valence electrons. The Morgan fingerprint density at radius 2 is 2.09 bits per heavy atom. The molecule has 1 aromatic carbocycles. The zero-order chi connectivity index (χ0) is 16.4. The second kappa shape index (κ2) is 6.38. The molecule has 3 rings (SSSR count). The summed E-state index contributed by atoms with van der Waals surface area (Å²) in [5.74, 6) is -0.833. The summed E-state index contributed by atoms with van der Waals surface area (Å²) in [6.07, 6.45) is 2.12. The number of carbonyl (C=O) groups excluding carboxylic acids is 2. The number of aromatic nitrogens is 1. The number of hydrogen-bond donors (Lipinski definition) is 0. The lowest BCUT2D eigenvalue weighted by molar-refractivity contribution is -0.122. The minimum absolute atomic E-state index is 0.0517. The highest BCUT2D eigenvalue weighted by molar-refractivity contribution is 6.29. The second-order valence-corrected chi connectivity index (χ2v) is 5.78. The molecule has 1 aliphatic rings. The maximum atomic E-state index is 12.4. The zero-order valence-corrected chi connectivity index (χ0v) is 13.3. The first kappa shape index (κ1) is 15.5. The van der Waals surface area contributed by atoms with Gasteiger partial charge >= 0.3 is 5.97 Å². The van der Waals surface area contributed by atoms with Crippen molar-refractivity contribution in [2.45, 2.75) is 19.4 Å². The number of halogens is 1. The first-order valence-corrected chi connectivity index (χ1v) is 7.62. The van der Waals surface area contributed by atoms with Crippen molar-refractivity contribution in [1.29, 1.82) is 0 Å². The molecule has 0 saturated carbocycles. The largest absolute Gasteiger partial charge is 0.452 e. The monoisotopic (exact) mass is 330 g/mol. The van der Waals surface area contributed by atoms with Gasteiger partial charge in [-0.15, -0.1) is 0 Å². The van der Waals surface area contributed by atoms with E-state index in [1.54, 1.807) is 4.90 Å². The van der Waals surface area contributed by atoms with Crippen molar-refractivity contribution < 1.29 is 14.3 Å². The molecule has 23 heavy (non-hydrogen) atoms. The summed E-state index contributed by atoms with van der Waals surface area (Å²) in [4.78, 5) is 29.8. The minimum Gasteiger partial charge on any atom is -0.452 e. The van der Waals surface area contributed by atoms with Crippen molar-refractivity contribution in [3.8, 4) is 0 Å². The number of amides is 1. The first-order valence-electron chi connectivity index (χ1n) is 7.25. The second-order valence-electron chi connectivity index (χ2n) is 5.39. The van der Waals surface area contributed by atoms with Gasteiger partial charge in [-0.1, -0.05) is 29.8 Å². The Kier molecular flexibility index (Phi) is 4.30. The van der Waals surface area contributed by atoms with E-state index < -0.39 is 5.97 Å². The van der Waals surface area contributed by atoms with Crippen LogP contribution in [-0.2, 0) is 16.0 Å². The number of carbonyl (C=O) groups is 2. The Hall–Kier alpha value is -2.40. The Labute approximate surface area is 138 Å². The van der Waals surface area contributed by atoms with Crippen LogP contribution in [0.2, 0.25) is 5.15 Å². The number of benzene rings is 1. The van der Waals surface area contributed by atoms with E-state index in [0.29, 0.717) is 5.15 Å². The first-order chi connectivity index (χ1) is 11.1. The molecule has 0 radical (unpaired) electrons. The summed E-state index contributed by atoms with van der Waals surface area (Å²) in [5.41, 5.74) is 2.27. The summed E-state index contributed by atoms with van der Waals surface area (Å²) >= 11 is 5.67. The Morgan fingerprint density at radius 1 is 1.30 bits per heavy atom. The fraction of sp³-hybridized carbons (Fsp3) is 0.235. The predicted octanol–water partition coefficient (Wildman–Crippen LogP) is 2.87. The van der Waals surface area contributed by atoms with Gasteiger partial charge in [0.2, 0.25) is 0 Å². The Balaban J connectivity index is 1.66. The van der Waals surface area contributed by atoms with E-state index in [0.717, 1.165) is 17.7 Å². The van der Waals surface area contributed by atoms with Gasteiger partial charge in [0.1, 0.15) is 5.15 Å². The number of pyridine rings is 1. The lowest BCUT2D eigenvalue weighted by Crippen LogP contribution is -2.38. The highest BCUT2D eigenvalue weighted by atomic mass is 35.5. The predicted molar refractivity (Wildman–Crippen MR) is 86.6 cm³/mol. The average molecular weight is 331 g/mol. The molecular weight excluding hydrogens is 316 g/mol. The zero-order valence-electron chi connectivity index (χ0n) is 12.5. The topological polar surface area (TPSA) is 59.5 Å². The molecule has 0 fully saturated rings. The van der Waals surface area contributed by atoms with E-state index in [2.05, 4.69) is 4.98 Å². The number of esters is 1. The van der Waals surface area contributed by atoms with E-state index in [-0.39, 0.29) is 24.1 Å². The molecule has 0 bridgehead atoms. The molecule has 0 saturated heterocycles. The van der Waals surface area contributed by atoms with Crippen molar-refractivity contribution in [3.63, 3.8) is 0 Å². The summed E-state index contributed by atoms with van der Waals surface area (Å²) < 4.78 is 5.09. The van der Waals surface area contributed by atoms with Crippen LogP contribution >= 0.6 is 11.6 Å². The fourth-order valence-electron chi connectivity index (χ4n) is 2.72. The van der Waals surface area contributed by atoms with Crippen LogP contribution in [0.4, 0.5) is 5.69 Å². The summed E-state index contributed by atoms with van der Waals surface area (Å²) in [6.45, 7) is 1.67. The van der Waals surface area contributed by atoms with E-state index >= 15 is 0 Å². The molecule has 2 aromatic rings. The molecular formula is C17H15ClN2O3. The van der Waals surface area contributed by atoms with Crippen LogP contribution in [0.3, 0.4) is 0 Å². The van der Waals surface area contributed by atoms with Gasteiger partial charge in [-0.3, -0.25) is 4.79 Å². The third-order valence-corrected chi connectivity index (χ3v) is 3.99. The lowest BCUT2D eigenvalue weighted by atomic mass is 10.1. The molecule has 0 N–H and O–H groups in total. The van der Waals surface area contributed by atoms with Crippen LogP contribution < -0.4 is 4.90 Å². The van der Waals surface area contributed by atoms with Crippen LogP contribution in [0.5, 0.6) is 0 Å². The van der Waals surface area contributed by atoms with Gasteiger partial charge in [-0.05, 0) is 37.1 Å². The van der Waals surface area contributed by atoms with Gasteiger partial charge in [0.15, 0.2) is 6.61 Å². The molecule has 2 heterocycles. The minimum atomic E-state index is -0.595. The van der Waals surface area contributed by atoms with Gasteiger partial charge in [0.05, 0.1) is 5.56 Å². The average Bonchev–Trinajstić information content (AvgIpc) is 2.88. The van der Waals surface area contributed by atoms with Gasteiger partial charge in [-0.2, -0.15) is 0 Å². The van der Waals surface area contributed by atoms with Gasteiger partial charge < -0.3 is 9.64 Å². The molecule has 0 spiro atoms. The van der Waals surface area contributed by atoms with Crippen LogP contribution in [0.25, 0.3) is 0 Å². The summed E-state index contributed by atoms with van der Waals surface area (Å²) in [7, 11) is 0. The van der Waals surface area contributed by atoms with Crippen molar-refractivity contribution in [3.05, 3.63) is 58.9 Å². The number of hydrogen-bond acceptors (Lipinski definition) is 4. The number of fused-ring (bicyclic) bond motifs is 1. The molecule has 1 aliphatic heterocycles. The third kappa shape index (κ3) is 3.19. The smallest absolute Gasteiger partial charge is 0.340 e. The SMILES string of the molecule is C[C@H]1Cc2ccccc2N1C(=O)COC(=O)c1ccc(Cl)nc1. The number of rotatable bonds is 3. The van der Waals surface area contributed by atoms with E-state index in [1.165, 1.54) is 18.3 Å². The molecule has 1 aromatic heterocycles. The van der Waals surface area contributed by atoms with Crippen molar-refractivity contribution >= 4 is 29.2 Å². The maximum absolute atomic E-state index is 12.4. The molecule has 1 amide bonds. The van der Waals surface area contributed by atoms with Crippen LogP contribution in [-0.4, -0.2) is 29.5 Å². The van der Waals surface area contributed by atoms with E-state index in [1.807, 2.05) is 31.2 Å². The van der Waals surface area contributed by atoms with Crippen molar-refractivity contribution in [2.24, 2.45) is 0 Å². The van der Waals surface area contributed by atoms with Gasteiger partial charge in [-0.25, -0.2) is 9.78 Å². The summed E-state index contributed by atoms with van der Waals surface area (Å²) in [5, 5.41) is 0.292. The van der Waals surface area contributed by atoms with Crippen LogP contribution in [0.1, 0.15) is 22.8 Å². The van der Waals surface area contributed by atoms with Gasteiger partial charge in [0, 0.05) is 17.9 Å². The number of nitrogens with zero attached hydrogens (tertiary/aromatic N) is 2. The normalized spacial score (nSPS) is 16.1. The lowest BCUT2D eigenvalue weighted by Gasteiger charge is -2.22. The fourth-order valence-corrected chi connectivity index (χ4v) is 2.83. The van der Waals surface area contributed by atoms with Crippen LogP contribution in [0.15, 0.2) is 42.6 Å². The van der Waals surface area contributed by atoms with Crippen LogP contribution in [0, 0.1) is 0 Å². The number of anilines is 1. The Bertz CT molecular complexity index is 746. The molecule has 0 unspecified atom stereocenters. The standard InChI is InChI=1S/C17H15ClN2O3/c1-11-8-12-4-2-3-5-14(12)20(11)16(21)10-23-17(22)13-6-7-15(18)19-9-13/h2-7,9,11H,8,10H2,1H3/t11-/m0/s1. The van der Waals surface area contributed by atoms with Crippen molar-refractivity contribution in [1.82, 2.24) is 4.98 Å². The van der Waals surface area contributed by atoms with Gasteiger partial charge in [0.25, 0.3) is 5.91 Å². The molecule has 5 nitrogen and oxygen atoms in total. The molecule has 6 heteroatoms. The molecule has 0 aliphatic carbocycles. The maximum Gasteiger partial charge on any atom is 0.340 e. The summed E-state index contributed by atoms with van der Waals surface area (Å²) in [6, 6.07) is 10.8. The highest BCUT2D eigenvalue weighted by Gasteiger charge is 2.30. The molecule has 1 atom stereocenters. The van der Waals surface area contributed by atoms with E-state index in [4.69, 9.17) is 16.3 Å². The number of ether oxygens (including phenoxy) is 1. The third-order valence-electron chi connectivity index (χ3n) is 3.77. The number of para-hydroxylation sites is 1. The highest BCUT2D eigenvalue weighted by Crippen LogP contribution is 2.31. The van der Waals surface area contributed by atoms with E-state index in [9.17, 15) is 9.59 Å².